The van der Waals surface area contributed by atoms with Gasteiger partial charge in [0.15, 0.2) is 0 Å². The van der Waals surface area contributed by atoms with Gasteiger partial charge in [-0.2, -0.15) is 5.26 Å². The van der Waals surface area contributed by atoms with Gasteiger partial charge in [0.25, 0.3) is 0 Å². The summed E-state index contributed by atoms with van der Waals surface area (Å²) in [6.45, 7) is 2.06. The molecule has 0 amide bonds. The van der Waals surface area contributed by atoms with E-state index in [1.54, 1.807) is 19.1 Å². The second-order valence-electron chi connectivity index (χ2n) is 2.91. The first-order chi connectivity index (χ1) is 7.65. The van der Waals surface area contributed by atoms with E-state index in [2.05, 4.69) is 37.9 Å². The summed E-state index contributed by atoms with van der Waals surface area (Å²) >= 11 is 6.55. The van der Waals surface area contributed by atoms with Crippen molar-refractivity contribution in [2.45, 2.75) is 12.3 Å². The van der Waals surface area contributed by atoms with Crippen molar-refractivity contribution < 1.29 is 9.53 Å². The summed E-state index contributed by atoms with van der Waals surface area (Å²) in [5, 5.41) is 9.45. The van der Waals surface area contributed by atoms with Gasteiger partial charge in [0.05, 0.1) is 17.7 Å². The average molecular weight is 347 g/mol. The van der Waals surface area contributed by atoms with E-state index in [9.17, 15) is 4.79 Å². The van der Waals surface area contributed by atoms with Gasteiger partial charge < -0.3 is 4.74 Å². The van der Waals surface area contributed by atoms with E-state index in [1.165, 1.54) is 0 Å². The molecule has 0 atom stereocenters. The minimum atomic E-state index is -0.402. The molecule has 0 saturated carbocycles. The number of ether oxygens (including phenoxy) is 1. The summed E-state index contributed by atoms with van der Waals surface area (Å²) in [5.74, 6) is -0.402. The summed E-state index contributed by atoms with van der Waals surface area (Å²) in [6.07, 6.45) is 0. The minimum Gasteiger partial charge on any atom is -0.462 e. The first-order valence-corrected chi connectivity index (χ1v) is 6.51. The molecule has 0 aliphatic carbocycles. The average Bonchev–Trinajstić information content (AvgIpc) is 2.28. The third kappa shape index (κ3) is 2.63. The molecule has 0 N–H and O–H groups in total. The Labute approximate surface area is 111 Å². The standard InChI is InChI=1S/C11H9Br2NO2/c1-2-16-11(15)7-3-4-10(13)9(6-14)8(7)5-12/h3-4H,2,5H2,1H3. The van der Waals surface area contributed by atoms with Crippen molar-refractivity contribution in [1.82, 2.24) is 0 Å². The van der Waals surface area contributed by atoms with Crippen LogP contribution in [-0.4, -0.2) is 12.6 Å². The number of hydrogen-bond donors (Lipinski definition) is 0. The van der Waals surface area contributed by atoms with Crippen LogP contribution in [0.25, 0.3) is 0 Å². The van der Waals surface area contributed by atoms with Gasteiger partial charge in [-0.15, -0.1) is 0 Å². The largest absolute Gasteiger partial charge is 0.462 e. The van der Waals surface area contributed by atoms with Gasteiger partial charge in [-0.05, 0) is 40.5 Å². The predicted molar refractivity (Wildman–Crippen MR) is 67.4 cm³/mol. The fraction of sp³-hybridized carbons (Fsp3) is 0.273. The normalized spacial score (nSPS) is 9.62. The molecule has 0 heterocycles. The molecule has 0 radical (unpaired) electrons. The number of nitriles is 1. The minimum absolute atomic E-state index is 0.318. The molecule has 0 saturated heterocycles. The number of alkyl halides is 1. The van der Waals surface area contributed by atoms with Gasteiger partial charge in [0.1, 0.15) is 6.07 Å². The molecular weight excluding hydrogens is 338 g/mol. The Morgan fingerprint density at radius 1 is 1.56 bits per heavy atom. The van der Waals surface area contributed by atoms with E-state index in [0.29, 0.717) is 33.1 Å². The van der Waals surface area contributed by atoms with Gasteiger partial charge in [0.2, 0.25) is 0 Å². The van der Waals surface area contributed by atoms with E-state index >= 15 is 0 Å². The highest BCUT2D eigenvalue weighted by Gasteiger charge is 2.17. The van der Waals surface area contributed by atoms with Crippen LogP contribution in [0.15, 0.2) is 16.6 Å². The number of nitrogens with zero attached hydrogens (tertiary/aromatic N) is 1. The Balaban J connectivity index is 3.31. The Hall–Kier alpha value is -0.860. The zero-order chi connectivity index (χ0) is 12.1. The van der Waals surface area contributed by atoms with Crippen LogP contribution in [0.5, 0.6) is 0 Å². The quantitative estimate of drug-likeness (QED) is 0.622. The third-order valence-corrected chi connectivity index (χ3v) is 3.22. The highest BCUT2D eigenvalue weighted by Crippen LogP contribution is 2.25. The molecule has 1 rings (SSSR count). The Morgan fingerprint density at radius 3 is 2.75 bits per heavy atom. The predicted octanol–water partition coefficient (Wildman–Crippen LogP) is 3.39. The molecular formula is C11H9Br2NO2. The lowest BCUT2D eigenvalue weighted by Crippen LogP contribution is -2.09. The van der Waals surface area contributed by atoms with Crippen molar-refractivity contribution in [1.29, 1.82) is 5.26 Å². The molecule has 16 heavy (non-hydrogen) atoms. The monoisotopic (exact) mass is 345 g/mol. The van der Waals surface area contributed by atoms with Gasteiger partial charge in [-0.25, -0.2) is 4.79 Å². The van der Waals surface area contributed by atoms with Crippen LogP contribution >= 0.6 is 31.9 Å². The van der Waals surface area contributed by atoms with Crippen molar-refractivity contribution in [3.63, 3.8) is 0 Å². The Bertz CT molecular complexity index is 452. The molecule has 1 aromatic rings. The van der Waals surface area contributed by atoms with Crippen molar-refractivity contribution in [2.24, 2.45) is 0 Å². The Kier molecular flexibility index (Phi) is 4.97. The lowest BCUT2D eigenvalue weighted by molar-refractivity contribution is 0.0525. The third-order valence-electron chi connectivity index (χ3n) is 2.00. The molecule has 1 aromatic carbocycles. The first-order valence-electron chi connectivity index (χ1n) is 4.60. The second kappa shape index (κ2) is 6.02. The summed E-state index contributed by atoms with van der Waals surface area (Å²) in [7, 11) is 0. The molecule has 0 bridgehead atoms. The first kappa shape index (κ1) is 13.2. The number of hydrogen-bond acceptors (Lipinski definition) is 3. The fourth-order valence-electron chi connectivity index (χ4n) is 1.28. The molecule has 3 nitrogen and oxygen atoms in total. The number of rotatable bonds is 3. The van der Waals surface area contributed by atoms with E-state index < -0.39 is 5.97 Å². The number of carbonyl (C=O) groups is 1. The maximum atomic E-state index is 11.6. The molecule has 84 valence electrons. The smallest absolute Gasteiger partial charge is 0.338 e. The number of esters is 1. The van der Waals surface area contributed by atoms with E-state index in [1.807, 2.05) is 0 Å². The second-order valence-corrected chi connectivity index (χ2v) is 4.33. The summed E-state index contributed by atoms with van der Waals surface area (Å²) in [4.78, 5) is 11.6. The highest BCUT2D eigenvalue weighted by molar-refractivity contribution is 9.10. The van der Waals surface area contributed by atoms with Crippen LogP contribution in [0.4, 0.5) is 0 Å². The van der Waals surface area contributed by atoms with Crippen LogP contribution in [0.2, 0.25) is 0 Å². The number of halogens is 2. The zero-order valence-corrected chi connectivity index (χ0v) is 11.8. The summed E-state index contributed by atoms with van der Waals surface area (Å²) in [5.41, 5.74) is 1.54. The van der Waals surface area contributed by atoms with Crippen molar-refractivity contribution >= 4 is 37.8 Å². The van der Waals surface area contributed by atoms with Crippen LogP contribution in [0.1, 0.15) is 28.4 Å². The fourth-order valence-corrected chi connectivity index (χ4v) is 2.32. The van der Waals surface area contributed by atoms with Crippen molar-refractivity contribution in [3.05, 3.63) is 33.3 Å². The van der Waals surface area contributed by atoms with Crippen LogP contribution in [0.3, 0.4) is 0 Å². The molecule has 5 heteroatoms. The zero-order valence-electron chi connectivity index (χ0n) is 8.59. The van der Waals surface area contributed by atoms with E-state index in [4.69, 9.17) is 10.00 Å². The van der Waals surface area contributed by atoms with Crippen molar-refractivity contribution in [2.75, 3.05) is 6.61 Å². The van der Waals surface area contributed by atoms with E-state index in [-0.39, 0.29) is 0 Å². The topological polar surface area (TPSA) is 50.1 Å². The van der Waals surface area contributed by atoms with Gasteiger partial charge >= 0.3 is 5.97 Å². The Morgan fingerprint density at radius 2 is 2.25 bits per heavy atom. The molecule has 0 aliphatic heterocycles. The molecule has 0 spiro atoms. The van der Waals surface area contributed by atoms with Crippen molar-refractivity contribution in [3.8, 4) is 6.07 Å². The summed E-state index contributed by atoms with van der Waals surface area (Å²) < 4.78 is 5.60. The van der Waals surface area contributed by atoms with E-state index in [0.717, 1.165) is 0 Å². The lowest BCUT2D eigenvalue weighted by Gasteiger charge is -2.09. The highest BCUT2D eigenvalue weighted by atomic mass is 79.9. The molecule has 0 aliphatic rings. The molecule has 0 aromatic heterocycles. The molecule has 0 unspecified atom stereocenters. The maximum absolute atomic E-state index is 11.6. The van der Waals surface area contributed by atoms with Crippen LogP contribution in [0, 0.1) is 11.3 Å². The number of benzene rings is 1. The maximum Gasteiger partial charge on any atom is 0.338 e. The lowest BCUT2D eigenvalue weighted by atomic mass is 10.0. The van der Waals surface area contributed by atoms with Gasteiger partial charge in [0, 0.05) is 9.80 Å². The summed E-state index contributed by atoms with van der Waals surface area (Å²) in [6, 6.07) is 5.40. The molecule has 0 fully saturated rings. The van der Waals surface area contributed by atoms with Crippen LogP contribution < -0.4 is 0 Å². The van der Waals surface area contributed by atoms with Gasteiger partial charge in [-0.3, -0.25) is 0 Å². The number of carbonyl (C=O) groups excluding carboxylic acids is 1. The SMILES string of the molecule is CCOC(=O)c1ccc(Br)c(C#N)c1CBr. The van der Waals surface area contributed by atoms with Crippen LogP contribution in [-0.2, 0) is 10.1 Å². The van der Waals surface area contributed by atoms with Gasteiger partial charge in [-0.1, -0.05) is 15.9 Å².